The molecule has 1 heterocycles. The van der Waals surface area contributed by atoms with Gasteiger partial charge in [-0.1, -0.05) is 5.57 Å². The number of nitrogens with zero attached hydrogens (tertiary/aromatic N) is 1. The Bertz CT molecular complexity index is 528. The topological polar surface area (TPSA) is 33.7 Å². The molecule has 1 atom stereocenters. The molecule has 1 aliphatic rings. The number of halogens is 1. The highest BCUT2D eigenvalue weighted by Gasteiger charge is 2.26. The van der Waals surface area contributed by atoms with E-state index in [0.717, 1.165) is 38.2 Å². The predicted octanol–water partition coefficient (Wildman–Crippen LogP) is 2.76. The zero-order chi connectivity index (χ0) is 16.1. The molecule has 0 unspecified atom stereocenters. The number of methoxy groups -OCH3 is 2. The summed E-state index contributed by atoms with van der Waals surface area (Å²) in [6, 6.07) is 3.13. The van der Waals surface area contributed by atoms with Gasteiger partial charge in [0.25, 0.3) is 0 Å². The van der Waals surface area contributed by atoms with E-state index >= 15 is 0 Å². The highest BCUT2D eigenvalue weighted by Crippen LogP contribution is 2.36. The average molecular weight is 308 g/mol. The Balaban J connectivity index is 2.39. The maximum absolute atomic E-state index is 14.6. The summed E-state index contributed by atoms with van der Waals surface area (Å²) in [6.07, 6.45) is 0.729. The van der Waals surface area contributed by atoms with Crippen molar-refractivity contribution in [3.63, 3.8) is 0 Å². The molecule has 0 saturated carbocycles. The molecular weight excluding hydrogens is 283 g/mol. The van der Waals surface area contributed by atoms with Gasteiger partial charge in [-0.2, -0.15) is 0 Å². The minimum absolute atomic E-state index is 0.0283. The SMILES string of the molecule is C=C(C)C[C@@H](c1cc(OC)c(OC)cc1F)N1CCNCC1. The number of nitrogens with one attached hydrogen (secondary N) is 1. The predicted molar refractivity (Wildman–Crippen MR) is 86.1 cm³/mol. The molecule has 1 fully saturated rings. The van der Waals surface area contributed by atoms with Crippen LogP contribution in [0.15, 0.2) is 24.3 Å². The highest BCUT2D eigenvalue weighted by atomic mass is 19.1. The van der Waals surface area contributed by atoms with Crippen LogP contribution in [-0.2, 0) is 0 Å². The van der Waals surface area contributed by atoms with Crippen LogP contribution in [0, 0.1) is 5.82 Å². The lowest BCUT2D eigenvalue weighted by atomic mass is 9.97. The molecule has 0 aliphatic carbocycles. The van der Waals surface area contributed by atoms with Crippen LogP contribution in [-0.4, -0.2) is 45.3 Å². The summed E-state index contributed by atoms with van der Waals surface area (Å²) in [6.45, 7) is 9.61. The van der Waals surface area contributed by atoms with Crippen molar-refractivity contribution in [2.75, 3.05) is 40.4 Å². The van der Waals surface area contributed by atoms with Gasteiger partial charge in [-0.05, 0) is 19.4 Å². The van der Waals surface area contributed by atoms with Gasteiger partial charge in [0.1, 0.15) is 5.82 Å². The third kappa shape index (κ3) is 3.78. The second-order valence-corrected chi connectivity index (χ2v) is 5.69. The first-order valence-corrected chi connectivity index (χ1v) is 7.57. The fourth-order valence-corrected chi connectivity index (χ4v) is 2.88. The van der Waals surface area contributed by atoms with Crippen LogP contribution in [0.25, 0.3) is 0 Å². The Morgan fingerprint density at radius 1 is 1.27 bits per heavy atom. The van der Waals surface area contributed by atoms with E-state index in [1.165, 1.54) is 13.2 Å². The van der Waals surface area contributed by atoms with Crippen LogP contribution in [0.1, 0.15) is 24.9 Å². The van der Waals surface area contributed by atoms with Crippen LogP contribution in [0.4, 0.5) is 4.39 Å². The summed E-state index contributed by atoms with van der Waals surface area (Å²) in [4.78, 5) is 2.30. The average Bonchev–Trinajstić information content (AvgIpc) is 2.53. The van der Waals surface area contributed by atoms with Crippen molar-refractivity contribution >= 4 is 0 Å². The largest absolute Gasteiger partial charge is 0.493 e. The Hall–Kier alpha value is -1.59. The van der Waals surface area contributed by atoms with E-state index in [-0.39, 0.29) is 11.9 Å². The van der Waals surface area contributed by atoms with Crippen molar-refractivity contribution < 1.29 is 13.9 Å². The van der Waals surface area contributed by atoms with E-state index in [1.54, 1.807) is 13.2 Å². The van der Waals surface area contributed by atoms with Gasteiger partial charge in [0.05, 0.1) is 14.2 Å². The Kier molecular flexibility index (Phi) is 5.80. The smallest absolute Gasteiger partial charge is 0.163 e. The number of piperazine rings is 1. The van der Waals surface area contributed by atoms with Crippen molar-refractivity contribution in [3.05, 3.63) is 35.7 Å². The van der Waals surface area contributed by atoms with Crippen LogP contribution in [0.5, 0.6) is 11.5 Å². The van der Waals surface area contributed by atoms with Crippen LogP contribution < -0.4 is 14.8 Å². The minimum Gasteiger partial charge on any atom is -0.493 e. The summed E-state index contributed by atoms with van der Waals surface area (Å²) in [5, 5.41) is 3.33. The first-order chi connectivity index (χ1) is 10.6. The number of rotatable bonds is 6. The number of benzene rings is 1. The third-order valence-electron chi connectivity index (χ3n) is 4.00. The van der Waals surface area contributed by atoms with E-state index in [0.29, 0.717) is 17.1 Å². The van der Waals surface area contributed by atoms with Gasteiger partial charge in [-0.3, -0.25) is 4.90 Å². The summed E-state index contributed by atoms with van der Waals surface area (Å²) in [5.41, 5.74) is 1.68. The molecule has 4 nitrogen and oxygen atoms in total. The fourth-order valence-electron chi connectivity index (χ4n) is 2.88. The fraction of sp³-hybridized carbons (Fsp3) is 0.529. The second-order valence-electron chi connectivity index (χ2n) is 5.69. The monoisotopic (exact) mass is 308 g/mol. The maximum Gasteiger partial charge on any atom is 0.163 e. The van der Waals surface area contributed by atoms with Crippen molar-refractivity contribution in [1.82, 2.24) is 10.2 Å². The molecule has 1 N–H and O–H groups in total. The lowest BCUT2D eigenvalue weighted by Crippen LogP contribution is -2.45. The molecule has 2 rings (SSSR count). The number of ether oxygens (including phenoxy) is 2. The van der Waals surface area contributed by atoms with Crippen LogP contribution >= 0.6 is 0 Å². The summed E-state index contributed by atoms with van der Waals surface area (Å²) in [5.74, 6) is 0.710. The molecular formula is C17H25FN2O2. The second kappa shape index (κ2) is 7.61. The molecule has 122 valence electrons. The molecule has 1 aromatic carbocycles. The molecule has 0 spiro atoms. The van der Waals surface area contributed by atoms with E-state index in [2.05, 4.69) is 16.8 Å². The van der Waals surface area contributed by atoms with Gasteiger partial charge >= 0.3 is 0 Å². The van der Waals surface area contributed by atoms with Crippen LogP contribution in [0.2, 0.25) is 0 Å². The molecule has 5 heteroatoms. The molecule has 1 aromatic rings. The Morgan fingerprint density at radius 3 is 2.41 bits per heavy atom. The molecule has 0 radical (unpaired) electrons. The van der Waals surface area contributed by atoms with Gasteiger partial charge in [0, 0.05) is 43.9 Å². The first-order valence-electron chi connectivity index (χ1n) is 7.57. The molecule has 1 saturated heterocycles. The van der Waals surface area contributed by atoms with E-state index in [1.807, 2.05) is 6.92 Å². The van der Waals surface area contributed by atoms with Gasteiger partial charge < -0.3 is 14.8 Å². The Morgan fingerprint density at radius 2 is 1.86 bits per heavy atom. The highest BCUT2D eigenvalue weighted by molar-refractivity contribution is 5.45. The molecule has 0 amide bonds. The zero-order valence-corrected chi connectivity index (χ0v) is 13.6. The van der Waals surface area contributed by atoms with E-state index < -0.39 is 0 Å². The lowest BCUT2D eigenvalue weighted by molar-refractivity contribution is 0.169. The molecule has 0 aromatic heterocycles. The quantitative estimate of drug-likeness (QED) is 0.819. The third-order valence-corrected chi connectivity index (χ3v) is 4.00. The standard InChI is InChI=1S/C17H25FN2O2/c1-12(2)9-15(20-7-5-19-6-8-20)13-10-16(21-3)17(22-4)11-14(13)18/h10-11,15,19H,1,5-9H2,2-4H3/t15-/m0/s1. The lowest BCUT2D eigenvalue weighted by Gasteiger charge is -2.35. The van der Waals surface area contributed by atoms with Gasteiger partial charge in [-0.25, -0.2) is 4.39 Å². The van der Waals surface area contributed by atoms with Gasteiger partial charge in [0.15, 0.2) is 11.5 Å². The number of hydrogen-bond donors (Lipinski definition) is 1. The molecule has 0 bridgehead atoms. The van der Waals surface area contributed by atoms with E-state index in [9.17, 15) is 4.39 Å². The maximum atomic E-state index is 14.6. The molecule has 22 heavy (non-hydrogen) atoms. The summed E-state index contributed by atoms with van der Waals surface area (Å²) >= 11 is 0. The minimum atomic E-state index is -0.262. The van der Waals surface area contributed by atoms with E-state index in [4.69, 9.17) is 9.47 Å². The molecule has 1 aliphatic heterocycles. The van der Waals surface area contributed by atoms with Crippen molar-refractivity contribution in [1.29, 1.82) is 0 Å². The van der Waals surface area contributed by atoms with Crippen molar-refractivity contribution in [3.8, 4) is 11.5 Å². The van der Waals surface area contributed by atoms with Gasteiger partial charge in [0.2, 0.25) is 0 Å². The van der Waals surface area contributed by atoms with Crippen molar-refractivity contribution in [2.24, 2.45) is 0 Å². The van der Waals surface area contributed by atoms with Crippen molar-refractivity contribution in [2.45, 2.75) is 19.4 Å². The normalized spacial score (nSPS) is 17.1. The Labute approximate surface area is 131 Å². The van der Waals surface area contributed by atoms with Crippen LogP contribution in [0.3, 0.4) is 0 Å². The first kappa shape index (κ1) is 16.8. The summed E-state index contributed by atoms with van der Waals surface area (Å²) < 4.78 is 25.1. The summed E-state index contributed by atoms with van der Waals surface area (Å²) in [7, 11) is 3.08. The zero-order valence-electron chi connectivity index (χ0n) is 13.6. The number of hydrogen-bond acceptors (Lipinski definition) is 4. The van der Waals surface area contributed by atoms with Gasteiger partial charge in [-0.15, -0.1) is 6.58 Å².